The van der Waals surface area contributed by atoms with Gasteiger partial charge in [-0.2, -0.15) is 0 Å². The van der Waals surface area contributed by atoms with Crippen molar-refractivity contribution >= 4 is 40.5 Å². The van der Waals surface area contributed by atoms with Crippen LogP contribution < -0.4 is 14.4 Å². The van der Waals surface area contributed by atoms with Crippen LogP contribution in [0.3, 0.4) is 0 Å². The number of aliphatic hydroxyl groups is 1. The number of ether oxygens (including phenoxy) is 2. The maximum absolute atomic E-state index is 13.2. The number of hydrogen-bond acceptors (Lipinski definition) is 8. The van der Waals surface area contributed by atoms with E-state index in [0.29, 0.717) is 22.7 Å². The molecular formula is C20H18N2O7S. The van der Waals surface area contributed by atoms with E-state index in [1.54, 1.807) is 12.1 Å². The van der Waals surface area contributed by atoms with Gasteiger partial charge < -0.3 is 14.6 Å². The van der Waals surface area contributed by atoms with Crippen molar-refractivity contribution in [2.24, 2.45) is 0 Å². The largest absolute Gasteiger partial charge is 0.493 e. The van der Waals surface area contributed by atoms with Crippen molar-refractivity contribution < 1.29 is 29.1 Å². The van der Waals surface area contributed by atoms with Crippen molar-refractivity contribution in [3.63, 3.8) is 0 Å². The Hall–Kier alpha value is -3.37. The van der Waals surface area contributed by atoms with E-state index in [0.717, 1.165) is 16.7 Å². The number of amides is 2. The van der Waals surface area contributed by atoms with Crippen LogP contribution in [-0.4, -0.2) is 48.4 Å². The number of nitrogens with zero attached hydrogens (tertiary/aromatic N) is 2. The number of nitro groups is 1. The zero-order valence-corrected chi connectivity index (χ0v) is 17.0. The highest BCUT2D eigenvalue weighted by molar-refractivity contribution is 8.04. The van der Waals surface area contributed by atoms with E-state index in [-0.39, 0.29) is 28.5 Å². The molecule has 1 aliphatic rings. The molecule has 10 heteroatoms. The number of carbonyl (C=O) groups excluding carboxylic acids is 2. The van der Waals surface area contributed by atoms with E-state index in [4.69, 9.17) is 9.47 Å². The number of imide groups is 1. The van der Waals surface area contributed by atoms with E-state index >= 15 is 0 Å². The molecule has 3 rings (SSSR count). The fourth-order valence-electron chi connectivity index (χ4n) is 2.99. The van der Waals surface area contributed by atoms with Gasteiger partial charge in [-0.3, -0.25) is 19.7 Å². The second-order valence-electron chi connectivity index (χ2n) is 6.07. The van der Waals surface area contributed by atoms with E-state index in [9.17, 15) is 24.8 Å². The molecular weight excluding hydrogens is 412 g/mol. The van der Waals surface area contributed by atoms with Gasteiger partial charge in [0.1, 0.15) is 0 Å². The first-order valence-corrected chi connectivity index (χ1v) is 9.75. The fraction of sp³-hybridized carbons (Fsp3) is 0.200. The van der Waals surface area contributed by atoms with Gasteiger partial charge in [0.2, 0.25) is 0 Å². The molecule has 0 aromatic heterocycles. The Kier molecular flexibility index (Phi) is 6.38. The normalized spacial score (nSPS) is 13.8. The molecule has 0 saturated heterocycles. The van der Waals surface area contributed by atoms with Crippen LogP contribution in [0, 0.1) is 10.1 Å². The summed E-state index contributed by atoms with van der Waals surface area (Å²) < 4.78 is 10.4. The van der Waals surface area contributed by atoms with Crippen molar-refractivity contribution in [2.45, 2.75) is 0 Å². The second kappa shape index (κ2) is 8.97. The Morgan fingerprint density at radius 3 is 2.27 bits per heavy atom. The zero-order chi connectivity index (χ0) is 21.8. The van der Waals surface area contributed by atoms with E-state index in [2.05, 4.69) is 0 Å². The van der Waals surface area contributed by atoms with Crippen LogP contribution in [-0.2, 0) is 9.59 Å². The van der Waals surface area contributed by atoms with Crippen LogP contribution in [0.25, 0.3) is 5.57 Å². The van der Waals surface area contributed by atoms with Gasteiger partial charge in [-0.15, -0.1) is 11.8 Å². The number of hydrogen-bond donors (Lipinski definition) is 1. The molecule has 1 heterocycles. The molecule has 2 amide bonds. The van der Waals surface area contributed by atoms with Gasteiger partial charge in [-0.05, 0) is 29.8 Å². The summed E-state index contributed by atoms with van der Waals surface area (Å²) in [4.78, 5) is 37.9. The summed E-state index contributed by atoms with van der Waals surface area (Å²) in [5.74, 6) is -0.104. The van der Waals surface area contributed by atoms with Crippen molar-refractivity contribution in [1.29, 1.82) is 0 Å². The first-order chi connectivity index (χ1) is 14.4. The predicted molar refractivity (Wildman–Crippen MR) is 112 cm³/mol. The van der Waals surface area contributed by atoms with Crippen molar-refractivity contribution in [3.05, 3.63) is 63.0 Å². The van der Waals surface area contributed by atoms with Gasteiger partial charge in [0.25, 0.3) is 17.5 Å². The Morgan fingerprint density at radius 2 is 1.70 bits per heavy atom. The quantitative estimate of drug-likeness (QED) is 0.386. The van der Waals surface area contributed by atoms with Crippen LogP contribution in [0.2, 0.25) is 0 Å². The summed E-state index contributed by atoms with van der Waals surface area (Å²) in [6, 6.07) is 10.1. The van der Waals surface area contributed by atoms with Crippen molar-refractivity contribution in [2.75, 3.05) is 31.5 Å². The van der Waals surface area contributed by atoms with Gasteiger partial charge in [0.05, 0.1) is 41.9 Å². The molecule has 9 nitrogen and oxygen atoms in total. The average Bonchev–Trinajstić information content (AvgIpc) is 3.01. The summed E-state index contributed by atoms with van der Waals surface area (Å²) in [7, 11) is 2.92. The molecule has 0 fully saturated rings. The fourth-order valence-corrected chi connectivity index (χ4v) is 3.85. The number of anilines is 1. The SMILES string of the molecule is COc1ccc(N2C(=O)C(SCCO)=C(c3ccc([N+](=O)[O-])cc3)C2=O)cc1OC. The van der Waals surface area contributed by atoms with Crippen molar-refractivity contribution in [1.82, 2.24) is 0 Å². The molecule has 2 aromatic carbocycles. The van der Waals surface area contributed by atoms with Gasteiger partial charge in [-0.1, -0.05) is 0 Å². The van der Waals surface area contributed by atoms with Crippen LogP contribution in [0.5, 0.6) is 11.5 Å². The van der Waals surface area contributed by atoms with E-state index in [1.165, 1.54) is 44.6 Å². The first-order valence-electron chi connectivity index (χ1n) is 8.76. The molecule has 0 radical (unpaired) electrons. The van der Waals surface area contributed by atoms with E-state index < -0.39 is 16.7 Å². The van der Waals surface area contributed by atoms with Crippen LogP contribution in [0.4, 0.5) is 11.4 Å². The second-order valence-corrected chi connectivity index (χ2v) is 7.17. The number of methoxy groups -OCH3 is 2. The number of carbonyl (C=O) groups is 2. The summed E-state index contributed by atoms with van der Waals surface area (Å²) >= 11 is 1.05. The first kappa shape index (κ1) is 21.3. The lowest BCUT2D eigenvalue weighted by molar-refractivity contribution is -0.384. The minimum Gasteiger partial charge on any atom is -0.493 e. The number of aliphatic hydroxyl groups excluding tert-OH is 1. The summed E-state index contributed by atoms with van der Waals surface area (Å²) in [5.41, 5.74) is 0.671. The highest BCUT2D eigenvalue weighted by atomic mass is 32.2. The van der Waals surface area contributed by atoms with Gasteiger partial charge in [-0.25, -0.2) is 4.90 Å². The lowest BCUT2D eigenvalue weighted by Crippen LogP contribution is -2.31. The van der Waals surface area contributed by atoms with Gasteiger partial charge >= 0.3 is 0 Å². The number of benzene rings is 2. The third-order valence-electron chi connectivity index (χ3n) is 4.37. The highest BCUT2D eigenvalue weighted by Crippen LogP contribution is 2.40. The smallest absolute Gasteiger partial charge is 0.272 e. The predicted octanol–water partition coefficient (Wildman–Crippen LogP) is 2.62. The molecule has 0 atom stereocenters. The summed E-state index contributed by atoms with van der Waals surface area (Å²) in [6.45, 7) is -0.181. The molecule has 0 bridgehead atoms. The van der Waals surface area contributed by atoms with E-state index in [1.807, 2.05) is 0 Å². The van der Waals surface area contributed by atoms with Crippen LogP contribution >= 0.6 is 11.8 Å². The maximum Gasteiger partial charge on any atom is 0.272 e. The lowest BCUT2D eigenvalue weighted by atomic mass is 10.1. The van der Waals surface area contributed by atoms with Gasteiger partial charge in [0, 0.05) is 24.0 Å². The standard InChI is InChI=1S/C20H18N2O7S/c1-28-15-8-7-14(11-16(15)29-2)21-19(24)17(18(20(21)25)30-10-9-23)12-3-5-13(6-4-12)22(26)27/h3-8,11,23H,9-10H2,1-2H3. The molecule has 1 aliphatic heterocycles. The number of rotatable bonds is 8. The Balaban J connectivity index is 2.06. The topological polar surface area (TPSA) is 119 Å². The molecule has 30 heavy (non-hydrogen) atoms. The number of nitro benzene ring substituents is 1. The third kappa shape index (κ3) is 3.87. The molecule has 1 N–H and O–H groups in total. The molecule has 0 unspecified atom stereocenters. The minimum absolute atomic E-state index is 0.127. The maximum atomic E-state index is 13.2. The molecule has 0 spiro atoms. The van der Waals surface area contributed by atoms with Gasteiger partial charge in [0.15, 0.2) is 11.5 Å². The van der Waals surface area contributed by atoms with Crippen LogP contribution in [0.1, 0.15) is 5.56 Å². The monoisotopic (exact) mass is 430 g/mol. The number of thioether (sulfide) groups is 1. The minimum atomic E-state index is -0.568. The molecule has 2 aromatic rings. The molecule has 0 saturated carbocycles. The highest BCUT2D eigenvalue weighted by Gasteiger charge is 2.40. The Morgan fingerprint density at radius 1 is 1.03 bits per heavy atom. The molecule has 156 valence electrons. The van der Waals surface area contributed by atoms with Crippen molar-refractivity contribution in [3.8, 4) is 11.5 Å². The number of non-ortho nitro benzene ring substituents is 1. The Bertz CT molecular complexity index is 1030. The van der Waals surface area contributed by atoms with Crippen LogP contribution in [0.15, 0.2) is 47.4 Å². The summed E-state index contributed by atoms with van der Waals surface area (Å²) in [6.07, 6.45) is 0. The third-order valence-corrected chi connectivity index (χ3v) is 5.43. The Labute approximate surface area is 176 Å². The average molecular weight is 430 g/mol. The summed E-state index contributed by atoms with van der Waals surface area (Å²) in [5, 5.41) is 20.1. The molecule has 0 aliphatic carbocycles. The zero-order valence-electron chi connectivity index (χ0n) is 16.2. The lowest BCUT2D eigenvalue weighted by Gasteiger charge is -2.17.